The molecule has 1 unspecified atom stereocenters. The van der Waals surface area contributed by atoms with Crippen molar-refractivity contribution in [3.63, 3.8) is 0 Å². The zero-order chi connectivity index (χ0) is 17.1. The first-order valence-electron chi connectivity index (χ1n) is 8.85. The molecule has 0 amide bonds. The van der Waals surface area contributed by atoms with Gasteiger partial charge in [0.1, 0.15) is 0 Å². The average molecular weight is 336 g/mol. The molecule has 2 N–H and O–H groups in total. The van der Waals surface area contributed by atoms with Crippen molar-refractivity contribution in [1.82, 2.24) is 5.32 Å². The smallest absolute Gasteiger partial charge is 0.0864 e. The molecule has 5 nitrogen and oxygen atoms in total. The second kappa shape index (κ2) is 7.25. The van der Waals surface area contributed by atoms with Crippen LogP contribution in [0.2, 0.25) is 0 Å². The lowest BCUT2D eigenvalue weighted by molar-refractivity contribution is 0.181. The van der Waals surface area contributed by atoms with E-state index in [-0.39, 0.29) is 0 Å². The Labute approximate surface area is 148 Å². The monoisotopic (exact) mass is 336 g/mol. The topological polar surface area (TPSA) is 48.9 Å². The minimum Gasteiger partial charge on any atom is -0.385 e. The molecule has 2 aliphatic rings. The normalized spacial score (nSPS) is 18.9. The van der Waals surface area contributed by atoms with Crippen molar-refractivity contribution in [3.8, 4) is 0 Å². The molecule has 0 saturated carbocycles. The predicted octanol–water partition coefficient (Wildman–Crippen LogP) is 3.31. The minimum absolute atomic E-state index is 0.456. The Balaban J connectivity index is 1.63. The number of benzene rings is 2. The van der Waals surface area contributed by atoms with Gasteiger partial charge in [-0.1, -0.05) is 18.2 Å². The maximum atomic E-state index is 5.24. The second-order valence-corrected chi connectivity index (χ2v) is 6.52. The van der Waals surface area contributed by atoms with Gasteiger partial charge < -0.3 is 20.3 Å². The fourth-order valence-corrected chi connectivity index (χ4v) is 3.54. The summed E-state index contributed by atoms with van der Waals surface area (Å²) in [6.45, 7) is 3.76. The lowest BCUT2D eigenvalue weighted by Gasteiger charge is -2.36. The molecule has 0 spiro atoms. The number of hydrogen-bond acceptors (Lipinski definition) is 5. The van der Waals surface area contributed by atoms with Gasteiger partial charge in [0.25, 0.3) is 0 Å². The summed E-state index contributed by atoms with van der Waals surface area (Å²) in [5, 5.41) is 7.13. The van der Waals surface area contributed by atoms with Gasteiger partial charge in [-0.05, 0) is 30.7 Å². The van der Waals surface area contributed by atoms with Crippen molar-refractivity contribution in [2.45, 2.75) is 12.5 Å². The number of anilines is 3. The molecular formula is C20H24N4O. The highest BCUT2D eigenvalue weighted by Gasteiger charge is 2.22. The van der Waals surface area contributed by atoms with Crippen molar-refractivity contribution in [3.05, 3.63) is 48.0 Å². The lowest BCUT2D eigenvalue weighted by atomic mass is 10.1. The van der Waals surface area contributed by atoms with Crippen LogP contribution in [0.5, 0.6) is 0 Å². The van der Waals surface area contributed by atoms with Crippen LogP contribution in [0.25, 0.3) is 0 Å². The summed E-state index contributed by atoms with van der Waals surface area (Å²) < 4.78 is 5.24. The molecule has 1 saturated heterocycles. The first-order chi connectivity index (χ1) is 12.3. The first-order valence-corrected chi connectivity index (χ1v) is 8.85. The fraction of sp³-hybridized carbons (Fsp3) is 0.350. The molecule has 0 aromatic heterocycles. The van der Waals surface area contributed by atoms with Gasteiger partial charge in [0, 0.05) is 62.5 Å². The van der Waals surface area contributed by atoms with Crippen LogP contribution in [-0.4, -0.2) is 45.6 Å². The third-order valence-corrected chi connectivity index (χ3v) is 4.86. The number of hydrogen-bond donors (Lipinski definition) is 2. The third-order valence-electron chi connectivity index (χ3n) is 4.86. The van der Waals surface area contributed by atoms with Gasteiger partial charge in [0.05, 0.1) is 11.4 Å². The highest BCUT2D eigenvalue weighted by Crippen LogP contribution is 2.35. The van der Waals surface area contributed by atoms with Gasteiger partial charge >= 0.3 is 0 Å². The number of para-hydroxylation sites is 2. The zero-order valence-corrected chi connectivity index (χ0v) is 14.5. The van der Waals surface area contributed by atoms with E-state index in [4.69, 9.17) is 9.73 Å². The number of methoxy groups -OCH3 is 1. The van der Waals surface area contributed by atoms with E-state index in [9.17, 15) is 0 Å². The number of aliphatic imine (C=N–C) groups is 1. The van der Waals surface area contributed by atoms with E-state index in [0.717, 1.165) is 55.3 Å². The van der Waals surface area contributed by atoms with Gasteiger partial charge in [-0.3, -0.25) is 4.99 Å². The molecule has 1 fully saturated rings. The van der Waals surface area contributed by atoms with E-state index >= 15 is 0 Å². The van der Waals surface area contributed by atoms with Crippen molar-refractivity contribution < 1.29 is 4.74 Å². The van der Waals surface area contributed by atoms with Crippen LogP contribution in [0, 0.1) is 0 Å². The Hall–Kier alpha value is -2.37. The lowest BCUT2D eigenvalue weighted by Crippen LogP contribution is -2.51. The van der Waals surface area contributed by atoms with Crippen LogP contribution in [0.1, 0.15) is 12.0 Å². The molecule has 2 heterocycles. The van der Waals surface area contributed by atoms with Crippen molar-refractivity contribution in [2.75, 3.05) is 43.6 Å². The molecule has 25 heavy (non-hydrogen) atoms. The maximum Gasteiger partial charge on any atom is 0.0864 e. The number of piperazine rings is 1. The number of fused-ring (bicyclic) bond motifs is 2. The second-order valence-electron chi connectivity index (χ2n) is 6.52. The summed E-state index contributed by atoms with van der Waals surface area (Å²) >= 11 is 0. The van der Waals surface area contributed by atoms with E-state index in [1.807, 2.05) is 24.4 Å². The largest absolute Gasteiger partial charge is 0.385 e. The average Bonchev–Trinajstić information content (AvgIpc) is 2.85. The molecule has 2 aromatic rings. The molecule has 4 rings (SSSR count). The first kappa shape index (κ1) is 16.1. The number of ether oxygens (including phenoxy) is 1. The fourth-order valence-electron chi connectivity index (χ4n) is 3.54. The minimum atomic E-state index is 0.456. The molecule has 5 heteroatoms. The van der Waals surface area contributed by atoms with E-state index in [1.54, 1.807) is 7.11 Å². The number of nitrogens with zero attached hydrogens (tertiary/aromatic N) is 2. The van der Waals surface area contributed by atoms with Crippen molar-refractivity contribution in [2.24, 2.45) is 4.99 Å². The van der Waals surface area contributed by atoms with E-state index in [2.05, 4.69) is 39.8 Å². The van der Waals surface area contributed by atoms with Crippen LogP contribution in [-0.2, 0) is 4.74 Å². The Morgan fingerprint density at radius 1 is 1.16 bits per heavy atom. The molecule has 1 atom stereocenters. The molecule has 0 aliphatic carbocycles. The number of rotatable bonds is 4. The van der Waals surface area contributed by atoms with Gasteiger partial charge in [-0.15, -0.1) is 0 Å². The Morgan fingerprint density at radius 2 is 2.04 bits per heavy atom. The van der Waals surface area contributed by atoms with Crippen molar-refractivity contribution in [1.29, 1.82) is 0 Å². The maximum absolute atomic E-state index is 5.24. The summed E-state index contributed by atoms with van der Waals surface area (Å²) in [7, 11) is 1.76. The molecule has 2 aromatic carbocycles. The quantitative estimate of drug-likeness (QED) is 0.767. The Kier molecular flexibility index (Phi) is 4.68. The Bertz CT molecular complexity index is 774. The molecule has 0 bridgehead atoms. The van der Waals surface area contributed by atoms with E-state index < -0.39 is 0 Å². The summed E-state index contributed by atoms with van der Waals surface area (Å²) in [5.74, 6) is 0. The highest BCUT2D eigenvalue weighted by atomic mass is 16.5. The van der Waals surface area contributed by atoms with Gasteiger partial charge in [0.15, 0.2) is 0 Å². The van der Waals surface area contributed by atoms with Gasteiger partial charge in [0.2, 0.25) is 0 Å². The van der Waals surface area contributed by atoms with Crippen molar-refractivity contribution >= 4 is 29.0 Å². The van der Waals surface area contributed by atoms with Crippen LogP contribution in [0.3, 0.4) is 0 Å². The molecular weight excluding hydrogens is 312 g/mol. The summed E-state index contributed by atoms with van der Waals surface area (Å²) in [6, 6.07) is 15.1. The molecule has 2 aliphatic heterocycles. The van der Waals surface area contributed by atoms with Crippen LogP contribution in [0.4, 0.5) is 22.7 Å². The van der Waals surface area contributed by atoms with E-state index in [1.165, 1.54) is 5.69 Å². The predicted molar refractivity (Wildman–Crippen MR) is 104 cm³/mol. The van der Waals surface area contributed by atoms with Crippen LogP contribution >= 0.6 is 0 Å². The third kappa shape index (κ3) is 3.38. The Morgan fingerprint density at radius 3 is 2.96 bits per heavy atom. The van der Waals surface area contributed by atoms with Crippen LogP contribution < -0.4 is 15.5 Å². The molecule has 0 radical (unpaired) electrons. The molecule has 130 valence electrons. The van der Waals surface area contributed by atoms with E-state index in [0.29, 0.717) is 6.04 Å². The van der Waals surface area contributed by atoms with Gasteiger partial charge in [-0.2, -0.15) is 0 Å². The summed E-state index contributed by atoms with van der Waals surface area (Å²) in [6.07, 6.45) is 3.02. The highest BCUT2D eigenvalue weighted by molar-refractivity contribution is 6.00. The number of nitrogens with one attached hydrogen (secondary N) is 2. The van der Waals surface area contributed by atoms with Crippen LogP contribution in [0.15, 0.2) is 47.5 Å². The SMILES string of the molecule is COCCC1CN(c2cccc3c2C=Nc2ccccc2N3)CCN1. The summed E-state index contributed by atoms with van der Waals surface area (Å²) in [4.78, 5) is 7.16. The standard InChI is InChI=1S/C20H24N4O/c1-25-12-9-15-14-24(11-10-21-15)20-8-4-7-17-16(20)13-22-18-5-2-3-6-19(18)23-17/h2-8,13,15,21,23H,9-12,14H2,1H3. The summed E-state index contributed by atoms with van der Waals surface area (Å²) in [5.41, 5.74) is 5.53. The van der Waals surface area contributed by atoms with Gasteiger partial charge in [-0.25, -0.2) is 0 Å². The zero-order valence-electron chi connectivity index (χ0n) is 14.5.